The van der Waals surface area contributed by atoms with E-state index >= 15 is 0 Å². The first kappa shape index (κ1) is 28.5. The molecule has 3 aromatic carbocycles. The first-order chi connectivity index (χ1) is 20.4. The number of aromatic nitrogens is 2. The number of aliphatic hydroxyl groups is 1. The molecule has 216 valence electrons. The van der Waals surface area contributed by atoms with Crippen LogP contribution in [0.3, 0.4) is 0 Å². The molecule has 5 rings (SSSR count). The standard InChI is InChI=1S/C33H33N3O6/c1-3-41-28-19-25(10-13-27(28)37)30-29(32(39)33(40)36(30)16-5-15-35-17-14-34-21-35)31(38)24-8-11-26(12-9-24)42-20-23-7-4-6-22(2)18-23/h4,6-14,17-19,21,30,37-38H,3,5,15-16,20H2,1-2H3/b31-29+. The number of hydrogen-bond acceptors (Lipinski definition) is 7. The number of amides is 1. The Hall–Kier alpha value is -5.05. The topological polar surface area (TPSA) is 114 Å². The van der Waals surface area contributed by atoms with E-state index in [0.717, 1.165) is 11.1 Å². The van der Waals surface area contributed by atoms with Crippen LogP contribution in [0.15, 0.2) is 91.0 Å². The number of Topliss-reactive ketones (excluding diaryl/α,β-unsaturated/α-hetero) is 1. The van der Waals surface area contributed by atoms with Gasteiger partial charge >= 0.3 is 0 Å². The van der Waals surface area contributed by atoms with E-state index < -0.39 is 17.7 Å². The molecule has 0 radical (unpaired) electrons. The van der Waals surface area contributed by atoms with Gasteiger partial charge in [-0.05, 0) is 67.8 Å². The van der Waals surface area contributed by atoms with Crippen LogP contribution in [-0.2, 0) is 22.7 Å². The summed E-state index contributed by atoms with van der Waals surface area (Å²) in [6.45, 7) is 5.39. The third-order valence-corrected chi connectivity index (χ3v) is 7.13. The lowest BCUT2D eigenvalue weighted by atomic mass is 9.95. The first-order valence-electron chi connectivity index (χ1n) is 13.8. The van der Waals surface area contributed by atoms with Gasteiger partial charge in [-0.1, -0.05) is 35.9 Å². The van der Waals surface area contributed by atoms with Crippen LogP contribution < -0.4 is 9.47 Å². The molecule has 42 heavy (non-hydrogen) atoms. The average Bonchev–Trinajstić information content (AvgIpc) is 3.60. The summed E-state index contributed by atoms with van der Waals surface area (Å²) >= 11 is 0. The number of nitrogens with zero attached hydrogens (tertiary/aromatic N) is 3. The van der Waals surface area contributed by atoms with Crippen LogP contribution in [0, 0.1) is 6.92 Å². The zero-order chi connectivity index (χ0) is 29.6. The molecule has 1 aliphatic heterocycles. The van der Waals surface area contributed by atoms with E-state index in [-0.39, 0.29) is 29.4 Å². The van der Waals surface area contributed by atoms with Gasteiger partial charge in [-0.2, -0.15) is 0 Å². The molecule has 0 spiro atoms. The van der Waals surface area contributed by atoms with E-state index in [4.69, 9.17) is 9.47 Å². The van der Waals surface area contributed by atoms with E-state index in [0.29, 0.717) is 43.1 Å². The summed E-state index contributed by atoms with van der Waals surface area (Å²) in [6.07, 6.45) is 5.75. The third kappa shape index (κ3) is 6.15. The number of imidazole rings is 1. The highest BCUT2D eigenvalue weighted by Crippen LogP contribution is 2.42. The second-order valence-electron chi connectivity index (χ2n) is 10.1. The van der Waals surface area contributed by atoms with Gasteiger partial charge in [0.25, 0.3) is 11.7 Å². The van der Waals surface area contributed by atoms with Gasteiger partial charge in [0.2, 0.25) is 0 Å². The number of carbonyl (C=O) groups excluding carboxylic acids is 2. The fourth-order valence-electron chi connectivity index (χ4n) is 5.10. The summed E-state index contributed by atoms with van der Waals surface area (Å²) < 4.78 is 13.4. The number of hydrogen-bond donors (Lipinski definition) is 2. The molecule has 9 heteroatoms. The highest BCUT2D eigenvalue weighted by Gasteiger charge is 2.46. The van der Waals surface area contributed by atoms with E-state index in [1.54, 1.807) is 55.8 Å². The number of aliphatic hydroxyl groups excluding tert-OH is 1. The van der Waals surface area contributed by atoms with Crippen molar-refractivity contribution in [2.45, 2.75) is 39.5 Å². The SMILES string of the molecule is CCOc1cc(C2/C(=C(\O)c3ccc(OCc4cccc(C)c4)cc3)C(=O)C(=O)N2CCCn2ccnc2)ccc1O. The molecule has 1 fully saturated rings. The highest BCUT2D eigenvalue weighted by molar-refractivity contribution is 6.46. The molecule has 4 aromatic rings. The quantitative estimate of drug-likeness (QED) is 0.142. The van der Waals surface area contributed by atoms with E-state index in [1.807, 2.05) is 35.9 Å². The summed E-state index contributed by atoms with van der Waals surface area (Å²) in [7, 11) is 0. The van der Waals surface area contributed by atoms with Gasteiger partial charge < -0.3 is 29.2 Å². The van der Waals surface area contributed by atoms with Crippen LogP contribution in [0.2, 0.25) is 0 Å². The Kier molecular flexibility index (Phi) is 8.57. The molecule has 9 nitrogen and oxygen atoms in total. The predicted octanol–water partition coefficient (Wildman–Crippen LogP) is 5.39. The van der Waals surface area contributed by atoms with E-state index in [1.165, 1.54) is 11.0 Å². The molecule has 1 aliphatic rings. The van der Waals surface area contributed by atoms with Crippen LogP contribution in [0.1, 0.15) is 41.6 Å². The van der Waals surface area contributed by atoms with Crippen molar-refractivity contribution in [1.82, 2.24) is 14.5 Å². The molecule has 0 bridgehead atoms. The number of aromatic hydroxyl groups is 1. The van der Waals surface area contributed by atoms with Gasteiger partial charge in [-0.15, -0.1) is 0 Å². The lowest BCUT2D eigenvalue weighted by Crippen LogP contribution is -2.31. The number of phenols is 1. The van der Waals surface area contributed by atoms with Gasteiger partial charge in [-0.25, -0.2) is 4.98 Å². The molecule has 1 unspecified atom stereocenters. The maximum Gasteiger partial charge on any atom is 0.295 e. The molecule has 1 saturated heterocycles. The van der Waals surface area contributed by atoms with Crippen LogP contribution in [-0.4, -0.2) is 49.5 Å². The van der Waals surface area contributed by atoms with Crippen LogP contribution >= 0.6 is 0 Å². The lowest BCUT2D eigenvalue weighted by molar-refractivity contribution is -0.139. The maximum atomic E-state index is 13.4. The summed E-state index contributed by atoms with van der Waals surface area (Å²) in [6, 6.07) is 18.6. The van der Waals surface area contributed by atoms with Crippen molar-refractivity contribution in [2.75, 3.05) is 13.2 Å². The number of ketones is 1. The summed E-state index contributed by atoms with van der Waals surface area (Å²) in [5, 5.41) is 21.7. The Morgan fingerprint density at radius 2 is 1.81 bits per heavy atom. The Labute approximate surface area is 244 Å². The molecular formula is C33H33N3O6. The Bertz CT molecular complexity index is 1590. The molecule has 2 heterocycles. The van der Waals surface area contributed by atoms with Crippen LogP contribution in [0.4, 0.5) is 0 Å². The zero-order valence-electron chi connectivity index (χ0n) is 23.6. The normalized spacial score (nSPS) is 16.1. The lowest BCUT2D eigenvalue weighted by Gasteiger charge is -2.26. The maximum absolute atomic E-state index is 13.4. The van der Waals surface area contributed by atoms with Gasteiger partial charge in [0.05, 0.1) is 24.5 Å². The molecule has 2 N–H and O–H groups in total. The minimum Gasteiger partial charge on any atom is -0.507 e. The number of likely N-dealkylation sites (tertiary alicyclic amines) is 1. The predicted molar refractivity (Wildman–Crippen MR) is 157 cm³/mol. The second kappa shape index (κ2) is 12.6. The van der Waals surface area contributed by atoms with Crippen molar-refractivity contribution in [1.29, 1.82) is 0 Å². The number of aryl methyl sites for hydroxylation is 2. The van der Waals surface area contributed by atoms with Gasteiger partial charge in [-0.3, -0.25) is 9.59 Å². The minimum atomic E-state index is -0.871. The largest absolute Gasteiger partial charge is 0.507 e. The fraction of sp³-hybridized carbons (Fsp3) is 0.242. The number of carbonyl (C=O) groups is 2. The van der Waals surface area contributed by atoms with Crippen molar-refractivity contribution in [3.63, 3.8) is 0 Å². The monoisotopic (exact) mass is 567 g/mol. The molecule has 1 atom stereocenters. The average molecular weight is 568 g/mol. The number of benzene rings is 3. The molecule has 1 aromatic heterocycles. The smallest absolute Gasteiger partial charge is 0.295 e. The zero-order valence-corrected chi connectivity index (χ0v) is 23.6. The van der Waals surface area contributed by atoms with Crippen LogP contribution in [0.5, 0.6) is 17.2 Å². The number of ether oxygens (including phenoxy) is 2. The molecular weight excluding hydrogens is 534 g/mol. The Morgan fingerprint density at radius 3 is 2.52 bits per heavy atom. The second-order valence-corrected chi connectivity index (χ2v) is 10.1. The van der Waals surface area contributed by atoms with E-state index in [2.05, 4.69) is 11.1 Å². The van der Waals surface area contributed by atoms with Crippen molar-refractivity contribution in [2.24, 2.45) is 0 Å². The minimum absolute atomic E-state index is 0.0239. The van der Waals surface area contributed by atoms with Crippen molar-refractivity contribution < 1.29 is 29.3 Å². The Morgan fingerprint density at radius 1 is 1.00 bits per heavy atom. The summed E-state index contributed by atoms with van der Waals surface area (Å²) in [5.74, 6) is -0.980. The van der Waals surface area contributed by atoms with Crippen LogP contribution in [0.25, 0.3) is 5.76 Å². The van der Waals surface area contributed by atoms with Gasteiger partial charge in [0, 0.05) is 31.0 Å². The van der Waals surface area contributed by atoms with Crippen molar-refractivity contribution >= 4 is 17.4 Å². The summed E-state index contributed by atoms with van der Waals surface area (Å²) in [4.78, 5) is 32.2. The Balaban J connectivity index is 1.45. The molecule has 0 aliphatic carbocycles. The third-order valence-electron chi connectivity index (χ3n) is 7.13. The van der Waals surface area contributed by atoms with Gasteiger partial charge in [0.1, 0.15) is 18.1 Å². The van der Waals surface area contributed by atoms with Crippen molar-refractivity contribution in [3.05, 3.63) is 113 Å². The van der Waals surface area contributed by atoms with E-state index in [9.17, 15) is 19.8 Å². The number of phenolic OH excluding ortho intramolecular Hbond substituents is 1. The highest BCUT2D eigenvalue weighted by atomic mass is 16.5. The number of rotatable bonds is 11. The summed E-state index contributed by atoms with van der Waals surface area (Å²) in [5.41, 5.74) is 3.08. The first-order valence-corrected chi connectivity index (χ1v) is 13.8. The molecule has 1 amide bonds. The van der Waals surface area contributed by atoms with Gasteiger partial charge in [0.15, 0.2) is 11.5 Å². The van der Waals surface area contributed by atoms with Crippen molar-refractivity contribution in [3.8, 4) is 17.2 Å². The molecule has 0 saturated carbocycles. The fourth-order valence-corrected chi connectivity index (χ4v) is 5.10.